The number of carbonyl (C=O) groups excluding carboxylic acids is 1. The quantitative estimate of drug-likeness (QED) is 0.344. The fourth-order valence-electron chi connectivity index (χ4n) is 7.45. The number of piperidine rings is 1. The van der Waals surface area contributed by atoms with Gasteiger partial charge in [0.25, 0.3) is 0 Å². The van der Waals surface area contributed by atoms with Crippen molar-refractivity contribution < 1.29 is 17.9 Å². The number of hydrogen-bond acceptors (Lipinski definition) is 10. The summed E-state index contributed by atoms with van der Waals surface area (Å²) in [5, 5.41) is 5.44. The molecule has 3 saturated heterocycles. The summed E-state index contributed by atoms with van der Waals surface area (Å²) in [5.74, 6) is 2.28. The van der Waals surface area contributed by atoms with Gasteiger partial charge in [-0.2, -0.15) is 4.98 Å². The van der Waals surface area contributed by atoms with Crippen LogP contribution >= 0.6 is 0 Å². The molecule has 11 nitrogen and oxygen atoms in total. The van der Waals surface area contributed by atoms with Crippen LogP contribution in [-0.2, 0) is 19.4 Å². The fourth-order valence-corrected chi connectivity index (χ4v) is 8.79. The first-order valence-electron chi connectivity index (χ1n) is 15.6. The smallest absolute Gasteiger partial charge is 0.245 e. The summed E-state index contributed by atoms with van der Waals surface area (Å²) in [6, 6.07) is 8.22. The van der Waals surface area contributed by atoms with Crippen LogP contribution in [0, 0.1) is 5.92 Å². The van der Waals surface area contributed by atoms with Crippen LogP contribution in [0.5, 0.6) is 0 Å². The SMILES string of the molecule is C=CC(=O)N1CC(c2ccc(N3[C@H](C)[C@@H](CS(C)(=O)=O)C3(C)C)c3cnc(Nc4ccnc(N5CCC(OC)CC5)n4)cc23)C1. The van der Waals surface area contributed by atoms with Gasteiger partial charge in [0, 0.05) is 86.4 Å². The number of nitrogens with zero attached hydrogens (tertiary/aromatic N) is 6. The highest BCUT2D eigenvalue weighted by Gasteiger charge is 2.53. The lowest BCUT2D eigenvalue weighted by molar-refractivity contribution is -0.130. The average molecular weight is 634 g/mol. The molecule has 5 heterocycles. The van der Waals surface area contributed by atoms with Gasteiger partial charge in [-0.25, -0.2) is 18.4 Å². The number of rotatable bonds is 9. The summed E-state index contributed by atoms with van der Waals surface area (Å²) in [6.45, 7) is 12.9. The zero-order valence-corrected chi connectivity index (χ0v) is 27.5. The van der Waals surface area contributed by atoms with Crippen LogP contribution in [0.4, 0.5) is 23.3 Å². The van der Waals surface area contributed by atoms with Gasteiger partial charge in [-0.3, -0.25) is 4.79 Å². The molecular formula is C33H43N7O4S. The van der Waals surface area contributed by atoms with Crippen molar-refractivity contribution in [2.45, 2.75) is 57.2 Å². The molecule has 0 aliphatic carbocycles. The number of methoxy groups -OCH3 is 1. The number of anilines is 4. The lowest BCUT2D eigenvalue weighted by Gasteiger charge is -2.62. The maximum Gasteiger partial charge on any atom is 0.245 e. The third-order valence-electron chi connectivity index (χ3n) is 9.94. The molecule has 3 aromatic rings. The van der Waals surface area contributed by atoms with Gasteiger partial charge in [0.2, 0.25) is 11.9 Å². The van der Waals surface area contributed by atoms with E-state index in [0.717, 1.165) is 48.0 Å². The number of carbonyl (C=O) groups is 1. The minimum absolute atomic E-state index is 0.00785. The topological polar surface area (TPSA) is 121 Å². The second-order valence-corrected chi connectivity index (χ2v) is 15.4. The summed E-state index contributed by atoms with van der Waals surface area (Å²) in [4.78, 5) is 32.6. The number of likely N-dealkylation sites (tertiary alicyclic amines) is 1. The lowest BCUT2D eigenvalue weighted by Crippen LogP contribution is -2.71. The lowest BCUT2D eigenvalue weighted by atomic mass is 9.71. The number of pyridine rings is 1. The summed E-state index contributed by atoms with van der Waals surface area (Å²) >= 11 is 0. The molecule has 0 bridgehead atoms. The molecule has 1 N–H and O–H groups in total. The Hall–Kier alpha value is -3.77. The van der Waals surface area contributed by atoms with E-state index in [1.807, 2.05) is 12.3 Å². The minimum Gasteiger partial charge on any atom is -0.381 e. The third-order valence-corrected chi connectivity index (χ3v) is 10.9. The zero-order valence-electron chi connectivity index (χ0n) is 26.7. The number of sulfone groups is 1. The molecule has 2 atom stereocenters. The van der Waals surface area contributed by atoms with Crippen molar-refractivity contribution >= 4 is 49.8 Å². The van der Waals surface area contributed by atoms with E-state index in [-0.39, 0.29) is 41.2 Å². The third kappa shape index (κ3) is 5.97. The molecule has 12 heteroatoms. The molecule has 3 aliphatic rings. The van der Waals surface area contributed by atoms with E-state index in [0.29, 0.717) is 30.7 Å². The molecule has 3 aliphatic heterocycles. The zero-order chi connectivity index (χ0) is 32.1. The van der Waals surface area contributed by atoms with Crippen LogP contribution in [0.2, 0.25) is 0 Å². The van der Waals surface area contributed by atoms with Crippen LogP contribution in [0.25, 0.3) is 10.8 Å². The molecule has 0 radical (unpaired) electrons. The first-order valence-corrected chi connectivity index (χ1v) is 17.6. The Balaban J connectivity index is 1.32. The number of nitrogens with one attached hydrogen (secondary N) is 1. The van der Waals surface area contributed by atoms with Gasteiger partial charge in [0.15, 0.2) is 0 Å². The van der Waals surface area contributed by atoms with Crippen molar-refractivity contribution in [1.82, 2.24) is 19.9 Å². The monoisotopic (exact) mass is 633 g/mol. The standard InChI is InChI=1S/C33H43N7O4S/c1-7-31(41)39-18-22(19-39)24-8-9-28(40-21(2)27(33(40,3)4)20-45(6,42)43)26-17-35-30(16-25(24)26)36-29-10-13-34-32(37-29)38-14-11-23(44-5)12-15-38/h7-10,13,16-17,21-23,27H,1,11-12,14-15,18-20H2,2-6H3,(H,34,35,36,37)/t21-,27-/m1/s1. The van der Waals surface area contributed by atoms with Gasteiger partial charge in [-0.1, -0.05) is 12.6 Å². The highest BCUT2D eigenvalue weighted by molar-refractivity contribution is 7.90. The number of ether oxygens (including phenoxy) is 1. The number of amides is 1. The molecule has 0 saturated carbocycles. The van der Waals surface area contributed by atoms with Crippen LogP contribution in [0.3, 0.4) is 0 Å². The van der Waals surface area contributed by atoms with Crippen LogP contribution < -0.4 is 15.1 Å². The number of fused-ring (bicyclic) bond motifs is 1. The first kappa shape index (κ1) is 31.2. The molecule has 240 valence electrons. The van der Waals surface area contributed by atoms with Gasteiger partial charge in [-0.15, -0.1) is 0 Å². The van der Waals surface area contributed by atoms with Crippen LogP contribution in [0.15, 0.2) is 49.3 Å². The summed E-state index contributed by atoms with van der Waals surface area (Å²) in [5.41, 5.74) is 1.82. The molecule has 6 rings (SSSR count). The van der Waals surface area contributed by atoms with Crippen molar-refractivity contribution in [3.8, 4) is 0 Å². The Kier molecular flexibility index (Phi) is 8.23. The van der Waals surface area contributed by atoms with Gasteiger partial charge >= 0.3 is 0 Å². The molecule has 1 amide bonds. The fraction of sp³-hybridized carbons (Fsp3) is 0.515. The minimum atomic E-state index is -3.12. The van der Waals surface area contributed by atoms with Gasteiger partial charge in [0.05, 0.1) is 11.9 Å². The van der Waals surface area contributed by atoms with E-state index >= 15 is 0 Å². The van der Waals surface area contributed by atoms with E-state index in [2.05, 4.69) is 65.6 Å². The maximum absolute atomic E-state index is 12.2. The number of hydrogen-bond donors (Lipinski definition) is 1. The second kappa shape index (κ2) is 11.9. The van der Waals surface area contributed by atoms with Crippen molar-refractivity contribution in [2.75, 3.05) is 60.4 Å². The predicted octanol–water partition coefficient (Wildman–Crippen LogP) is 4.14. The van der Waals surface area contributed by atoms with Crippen molar-refractivity contribution in [3.63, 3.8) is 0 Å². The molecule has 45 heavy (non-hydrogen) atoms. The summed E-state index contributed by atoms with van der Waals surface area (Å²) in [7, 11) is -1.36. The predicted molar refractivity (Wildman–Crippen MR) is 178 cm³/mol. The summed E-state index contributed by atoms with van der Waals surface area (Å²) in [6.07, 6.45) is 8.48. The maximum atomic E-state index is 12.2. The molecular weight excluding hydrogens is 590 g/mol. The first-order chi connectivity index (χ1) is 21.4. The Morgan fingerprint density at radius 2 is 1.87 bits per heavy atom. The molecule has 3 fully saturated rings. The van der Waals surface area contributed by atoms with Gasteiger partial charge in [0.1, 0.15) is 21.5 Å². The Bertz CT molecular complexity index is 1720. The largest absolute Gasteiger partial charge is 0.381 e. The molecule has 1 aromatic carbocycles. The van der Waals surface area contributed by atoms with Crippen LogP contribution in [0.1, 0.15) is 45.1 Å². The highest BCUT2D eigenvalue weighted by atomic mass is 32.2. The van der Waals surface area contributed by atoms with Gasteiger partial charge in [-0.05, 0) is 68.8 Å². The van der Waals surface area contributed by atoms with E-state index in [4.69, 9.17) is 14.7 Å². The Labute approximate surface area is 265 Å². The Morgan fingerprint density at radius 3 is 2.51 bits per heavy atom. The van der Waals surface area contributed by atoms with Gasteiger partial charge < -0.3 is 24.8 Å². The molecule has 0 unspecified atom stereocenters. The average Bonchev–Trinajstić information content (AvgIpc) is 2.99. The normalized spacial score (nSPS) is 22.2. The van der Waals surface area contributed by atoms with E-state index < -0.39 is 9.84 Å². The number of aromatic nitrogens is 3. The van der Waals surface area contributed by atoms with E-state index in [1.54, 1.807) is 18.2 Å². The van der Waals surface area contributed by atoms with Crippen molar-refractivity contribution in [3.05, 3.63) is 54.9 Å². The van der Waals surface area contributed by atoms with E-state index in [9.17, 15) is 13.2 Å². The highest BCUT2D eigenvalue weighted by Crippen LogP contribution is 2.49. The molecule has 0 spiro atoms. The molecule has 2 aromatic heterocycles. The van der Waals surface area contributed by atoms with Crippen LogP contribution in [-0.4, -0.2) is 97.2 Å². The summed E-state index contributed by atoms with van der Waals surface area (Å²) < 4.78 is 29.9. The van der Waals surface area contributed by atoms with Crippen molar-refractivity contribution in [1.29, 1.82) is 0 Å². The second-order valence-electron chi connectivity index (χ2n) is 13.2. The number of benzene rings is 1. The Morgan fingerprint density at radius 1 is 1.13 bits per heavy atom. The van der Waals surface area contributed by atoms with Crippen molar-refractivity contribution in [2.24, 2.45) is 5.92 Å². The van der Waals surface area contributed by atoms with E-state index in [1.165, 1.54) is 12.3 Å².